The van der Waals surface area contributed by atoms with Gasteiger partial charge < -0.3 is 34.6 Å². The van der Waals surface area contributed by atoms with Gasteiger partial charge in [0.05, 0.1) is 25.2 Å². The smallest absolute Gasteiger partial charge is 0.174 e. The SMILES string of the molecule is COc1c(CCC(C)(C)O)cc(C2CC(=O)c3c(O)cc(O)cc3O2)c2c1OC(C)(C)C(O)C2. The number of methoxy groups -OCH3 is 1. The highest BCUT2D eigenvalue weighted by molar-refractivity contribution is 6.02. The Balaban J connectivity index is 1.85. The number of benzene rings is 2. The molecule has 4 N–H and O–H groups in total. The van der Waals surface area contributed by atoms with E-state index in [1.807, 2.05) is 6.07 Å². The molecule has 2 aliphatic heterocycles. The molecule has 8 nitrogen and oxygen atoms in total. The van der Waals surface area contributed by atoms with Gasteiger partial charge in [-0.05, 0) is 52.2 Å². The molecule has 8 heteroatoms. The summed E-state index contributed by atoms with van der Waals surface area (Å²) in [5, 5.41) is 41.1. The van der Waals surface area contributed by atoms with Crippen LogP contribution in [-0.4, -0.2) is 50.6 Å². The molecule has 0 saturated heterocycles. The van der Waals surface area contributed by atoms with Crippen LogP contribution < -0.4 is 14.2 Å². The maximum atomic E-state index is 12.9. The third kappa shape index (κ3) is 4.40. The third-order valence-corrected chi connectivity index (χ3v) is 6.56. The molecule has 0 aromatic heterocycles. The molecule has 184 valence electrons. The first-order valence-electron chi connectivity index (χ1n) is 11.4. The van der Waals surface area contributed by atoms with Crippen molar-refractivity contribution < 1.29 is 39.4 Å². The molecule has 0 spiro atoms. The van der Waals surface area contributed by atoms with Gasteiger partial charge in [0, 0.05) is 29.7 Å². The number of aromatic hydroxyl groups is 2. The van der Waals surface area contributed by atoms with Gasteiger partial charge in [-0.2, -0.15) is 0 Å². The first kappa shape index (κ1) is 24.2. The number of fused-ring (bicyclic) bond motifs is 2. The summed E-state index contributed by atoms with van der Waals surface area (Å²) in [6.45, 7) is 7.05. The van der Waals surface area contributed by atoms with Crippen molar-refractivity contribution >= 4 is 5.78 Å². The number of Topliss-reactive ketones (excluding diaryl/α,β-unsaturated/α-hetero) is 1. The summed E-state index contributed by atoms with van der Waals surface area (Å²) in [5.74, 6) is 0.250. The standard InChI is InChI=1S/C26H32O8/c1-25(2,31)7-6-13-8-15(16-11-21(30)26(3,4)34-24(16)23(13)32-5)19-12-18(29)22-17(28)9-14(27)10-20(22)33-19/h8-10,19,21,27-28,30-31H,6-7,11-12H2,1-5H3. The second kappa shape index (κ2) is 8.36. The molecule has 0 amide bonds. The van der Waals surface area contributed by atoms with E-state index in [0.29, 0.717) is 35.5 Å². The van der Waals surface area contributed by atoms with Crippen molar-refractivity contribution in [2.75, 3.05) is 7.11 Å². The third-order valence-electron chi connectivity index (χ3n) is 6.56. The van der Waals surface area contributed by atoms with Crippen molar-refractivity contribution in [3.05, 3.63) is 40.5 Å². The average molecular weight is 473 g/mol. The minimum Gasteiger partial charge on any atom is -0.508 e. The van der Waals surface area contributed by atoms with Crippen LogP contribution in [0.1, 0.15) is 73.7 Å². The first-order valence-corrected chi connectivity index (χ1v) is 11.4. The van der Waals surface area contributed by atoms with Crippen molar-refractivity contribution in [2.45, 2.75) is 76.8 Å². The number of aryl methyl sites for hydroxylation is 1. The predicted octanol–water partition coefficient (Wildman–Crippen LogP) is 3.59. The lowest BCUT2D eigenvalue weighted by Crippen LogP contribution is -2.47. The van der Waals surface area contributed by atoms with Crippen LogP contribution in [0.3, 0.4) is 0 Å². The Kier molecular flexibility index (Phi) is 5.94. The van der Waals surface area contributed by atoms with Gasteiger partial charge in [0.2, 0.25) is 0 Å². The van der Waals surface area contributed by atoms with E-state index < -0.39 is 23.4 Å². The summed E-state index contributed by atoms with van der Waals surface area (Å²) < 4.78 is 18.1. The van der Waals surface area contributed by atoms with E-state index >= 15 is 0 Å². The quantitative estimate of drug-likeness (QED) is 0.520. The molecule has 2 aliphatic rings. The number of hydrogen-bond acceptors (Lipinski definition) is 8. The van der Waals surface area contributed by atoms with Crippen molar-refractivity contribution in [1.82, 2.24) is 0 Å². The number of ether oxygens (including phenoxy) is 3. The largest absolute Gasteiger partial charge is 0.508 e. The molecule has 4 rings (SSSR count). The maximum Gasteiger partial charge on any atom is 0.174 e. The topological polar surface area (TPSA) is 126 Å². The Bertz CT molecular complexity index is 1130. The first-order chi connectivity index (χ1) is 15.8. The van der Waals surface area contributed by atoms with Crippen molar-refractivity contribution in [2.24, 2.45) is 0 Å². The van der Waals surface area contributed by atoms with Gasteiger partial charge in [0.1, 0.15) is 34.5 Å². The maximum absolute atomic E-state index is 12.9. The van der Waals surface area contributed by atoms with Crippen LogP contribution in [0.4, 0.5) is 0 Å². The molecule has 2 aromatic carbocycles. The van der Waals surface area contributed by atoms with E-state index in [1.54, 1.807) is 34.8 Å². The fourth-order valence-electron chi connectivity index (χ4n) is 4.58. The Labute approximate surface area is 198 Å². The van der Waals surface area contributed by atoms with Crippen LogP contribution in [0.2, 0.25) is 0 Å². The van der Waals surface area contributed by atoms with Gasteiger partial charge >= 0.3 is 0 Å². The van der Waals surface area contributed by atoms with E-state index in [1.165, 1.54) is 6.07 Å². The second-order valence-electron chi connectivity index (χ2n) is 10.3. The van der Waals surface area contributed by atoms with Gasteiger partial charge in [0.15, 0.2) is 17.3 Å². The molecule has 0 aliphatic carbocycles. The Morgan fingerprint density at radius 2 is 1.88 bits per heavy atom. The number of phenolic OH excluding ortho intramolecular Hbond substituents is 2. The molecule has 34 heavy (non-hydrogen) atoms. The number of rotatable bonds is 5. The molecule has 0 saturated carbocycles. The van der Waals surface area contributed by atoms with Gasteiger partial charge in [-0.1, -0.05) is 0 Å². The summed E-state index contributed by atoms with van der Waals surface area (Å²) in [5.41, 5.74) is 0.407. The van der Waals surface area contributed by atoms with Crippen LogP contribution in [0, 0.1) is 0 Å². The lowest BCUT2D eigenvalue weighted by molar-refractivity contribution is -0.0433. The number of carbonyl (C=O) groups excluding carboxylic acids is 1. The summed E-state index contributed by atoms with van der Waals surface area (Å²) >= 11 is 0. The van der Waals surface area contributed by atoms with Crippen LogP contribution in [0.25, 0.3) is 0 Å². The van der Waals surface area contributed by atoms with Crippen molar-refractivity contribution in [3.63, 3.8) is 0 Å². The molecule has 0 fully saturated rings. The molecule has 0 bridgehead atoms. The minimum atomic E-state index is -0.900. The van der Waals surface area contributed by atoms with Gasteiger partial charge in [-0.3, -0.25) is 4.79 Å². The molecular weight excluding hydrogens is 440 g/mol. The van der Waals surface area contributed by atoms with Gasteiger partial charge in [-0.15, -0.1) is 0 Å². The van der Waals surface area contributed by atoms with E-state index in [9.17, 15) is 25.2 Å². The monoisotopic (exact) mass is 472 g/mol. The number of aliphatic hydroxyl groups excluding tert-OH is 1. The summed E-state index contributed by atoms with van der Waals surface area (Å²) in [6.07, 6.45) is -0.342. The van der Waals surface area contributed by atoms with E-state index in [-0.39, 0.29) is 41.4 Å². The molecular formula is C26H32O8. The average Bonchev–Trinajstić information content (AvgIpc) is 2.70. The number of hydrogen-bond donors (Lipinski definition) is 4. The number of aliphatic hydroxyl groups is 2. The predicted molar refractivity (Wildman–Crippen MR) is 124 cm³/mol. The van der Waals surface area contributed by atoms with Gasteiger partial charge in [0.25, 0.3) is 0 Å². The normalized spacial score (nSPS) is 21.2. The van der Waals surface area contributed by atoms with Crippen LogP contribution in [0.5, 0.6) is 28.7 Å². The summed E-state index contributed by atoms with van der Waals surface area (Å²) in [6, 6.07) is 4.29. The lowest BCUT2D eigenvalue weighted by Gasteiger charge is -2.40. The van der Waals surface area contributed by atoms with E-state index in [2.05, 4.69) is 0 Å². The van der Waals surface area contributed by atoms with Crippen LogP contribution in [-0.2, 0) is 12.8 Å². The second-order valence-corrected chi connectivity index (χ2v) is 10.3. The van der Waals surface area contributed by atoms with Crippen LogP contribution >= 0.6 is 0 Å². The van der Waals surface area contributed by atoms with E-state index in [0.717, 1.165) is 11.6 Å². The zero-order valence-electron chi connectivity index (χ0n) is 20.1. The molecule has 2 atom stereocenters. The Morgan fingerprint density at radius 3 is 2.53 bits per heavy atom. The lowest BCUT2D eigenvalue weighted by atomic mass is 9.83. The van der Waals surface area contributed by atoms with E-state index in [4.69, 9.17) is 14.2 Å². The molecule has 2 unspecified atom stereocenters. The minimum absolute atomic E-state index is 0.0332. The Hall–Kier alpha value is -2.97. The zero-order chi connectivity index (χ0) is 25.0. The van der Waals surface area contributed by atoms with Gasteiger partial charge in [-0.25, -0.2) is 0 Å². The summed E-state index contributed by atoms with van der Waals surface area (Å²) in [4.78, 5) is 12.9. The summed E-state index contributed by atoms with van der Waals surface area (Å²) in [7, 11) is 1.55. The highest BCUT2D eigenvalue weighted by Gasteiger charge is 2.41. The number of carbonyl (C=O) groups is 1. The van der Waals surface area contributed by atoms with Crippen molar-refractivity contribution in [1.29, 1.82) is 0 Å². The Morgan fingerprint density at radius 1 is 1.18 bits per heavy atom. The highest BCUT2D eigenvalue weighted by atomic mass is 16.5. The highest BCUT2D eigenvalue weighted by Crippen LogP contribution is 2.49. The fraction of sp³-hybridized carbons (Fsp3) is 0.500. The molecule has 0 radical (unpaired) electrons. The molecule has 2 aromatic rings. The number of ketones is 1. The van der Waals surface area contributed by atoms with Crippen molar-refractivity contribution in [3.8, 4) is 28.7 Å². The number of phenols is 2. The van der Waals surface area contributed by atoms with Crippen LogP contribution in [0.15, 0.2) is 18.2 Å². The molecule has 2 heterocycles. The zero-order valence-corrected chi connectivity index (χ0v) is 20.1. The fourth-order valence-corrected chi connectivity index (χ4v) is 4.58.